The molecular weight excluding hydrogens is 244 g/mol. The second-order valence-corrected chi connectivity index (χ2v) is 4.04. The van der Waals surface area contributed by atoms with E-state index >= 15 is 0 Å². The summed E-state index contributed by atoms with van der Waals surface area (Å²) in [6.45, 7) is 0.530. The van der Waals surface area contributed by atoms with E-state index < -0.39 is 0 Å². The van der Waals surface area contributed by atoms with E-state index in [0.29, 0.717) is 24.4 Å². The predicted molar refractivity (Wildman–Crippen MR) is 67.6 cm³/mol. The molecule has 0 aliphatic heterocycles. The van der Waals surface area contributed by atoms with Crippen LogP contribution < -0.4 is 5.32 Å². The van der Waals surface area contributed by atoms with E-state index in [1.807, 2.05) is 0 Å². The van der Waals surface area contributed by atoms with Gasteiger partial charge in [-0.2, -0.15) is 0 Å². The van der Waals surface area contributed by atoms with Gasteiger partial charge in [0.2, 0.25) is 5.78 Å². The maximum atomic E-state index is 11.9. The van der Waals surface area contributed by atoms with Gasteiger partial charge in [-0.25, -0.2) is 15.0 Å². The van der Waals surface area contributed by atoms with Gasteiger partial charge in [0, 0.05) is 43.4 Å². The third-order valence-corrected chi connectivity index (χ3v) is 2.70. The van der Waals surface area contributed by atoms with Crippen LogP contribution in [0.1, 0.15) is 16.2 Å². The molecule has 0 atom stereocenters. The first-order valence-electron chi connectivity index (χ1n) is 5.88. The van der Waals surface area contributed by atoms with Gasteiger partial charge in [-0.3, -0.25) is 9.20 Å². The standard InChI is InChI=1S/C12H12N6O/c19-11(14-4-2-9-6-13-8-16-9)10-7-18-5-1-3-15-12(18)17-10/h1,3,5-8H,2,4H2,(H,13,16)(H,14,19). The molecule has 1 amide bonds. The number of nitrogens with zero attached hydrogens (tertiary/aromatic N) is 4. The fourth-order valence-electron chi connectivity index (χ4n) is 1.76. The molecule has 0 spiro atoms. The number of hydrogen-bond donors (Lipinski definition) is 2. The van der Waals surface area contributed by atoms with Gasteiger partial charge < -0.3 is 10.3 Å². The number of H-pyrrole nitrogens is 1. The molecule has 0 aliphatic rings. The third-order valence-electron chi connectivity index (χ3n) is 2.70. The number of hydrogen-bond acceptors (Lipinski definition) is 4. The Morgan fingerprint density at radius 1 is 1.47 bits per heavy atom. The number of carbonyl (C=O) groups excluding carboxylic acids is 1. The van der Waals surface area contributed by atoms with Crippen LogP contribution in [0.3, 0.4) is 0 Å². The molecule has 2 N–H and O–H groups in total. The maximum Gasteiger partial charge on any atom is 0.271 e. The Kier molecular flexibility index (Phi) is 2.93. The Labute approximate surface area is 108 Å². The number of nitrogens with one attached hydrogen (secondary N) is 2. The van der Waals surface area contributed by atoms with Crippen molar-refractivity contribution in [3.63, 3.8) is 0 Å². The number of aromatic nitrogens is 5. The second-order valence-electron chi connectivity index (χ2n) is 4.04. The molecule has 0 aromatic carbocycles. The quantitative estimate of drug-likeness (QED) is 0.708. The Morgan fingerprint density at radius 3 is 3.21 bits per heavy atom. The smallest absolute Gasteiger partial charge is 0.271 e. The number of amides is 1. The highest BCUT2D eigenvalue weighted by Crippen LogP contribution is 2.01. The predicted octanol–water partition coefficient (Wildman–Crippen LogP) is 0.425. The average Bonchev–Trinajstić information content (AvgIpc) is 3.07. The van der Waals surface area contributed by atoms with Crippen molar-refractivity contribution in [3.05, 3.63) is 48.6 Å². The molecule has 0 radical (unpaired) electrons. The van der Waals surface area contributed by atoms with Crippen LogP contribution in [-0.2, 0) is 6.42 Å². The van der Waals surface area contributed by atoms with Crippen LogP contribution in [0.2, 0.25) is 0 Å². The molecule has 19 heavy (non-hydrogen) atoms. The van der Waals surface area contributed by atoms with Crippen LogP contribution in [0.25, 0.3) is 5.78 Å². The highest BCUT2D eigenvalue weighted by Gasteiger charge is 2.10. The van der Waals surface area contributed by atoms with Crippen LogP contribution in [0.5, 0.6) is 0 Å². The van der Waals surface area contributed by atoms with Gasteiger partial charge >= 0.3 is 0 Å². The fraction of sp³-hybridized carbons (Fsp3) is 0.167. The topological polar surface area (TPSA) is 88.0 Å². The van der Waals surface area contributed by atoms with Crippen molar-refractivity contribution in [2.45, 2.75) is 6.42 Å². The maximum absolute atomic E-state index is 11.9. The van der Waals surface area contributed by atoms with Gasteiger partial charge in [0.15, 0.2) is 0 Å². The summed E-state index contributed by atoms with van der Waals surface area (Å²) >= 11 is 0. The molecule has 0 unspecified atom stereocenters. The first-order valence-corrected chi connectivity index (χ1v) is 5.88. The lowest BCUT2D eigenvalue weighted by atomic mass is 10.3. The van der Waals surface area contributed by atoms with E-state index in [4.69, 9.17) is 0 Å². The number of imidazole rings is 2. The van der Waals surface area contributed by atoms with Crippen molar-refractivity contribution in [2.24, 2.45) is 0 Å². The van der Waals surface area contributed by atoms with E-state index in [9.17, 15) is 4.79 Å². The van der Waals surface area contributed by atoms with E-state index in [1.165, 1.54) is 0 Å². The largest absolute Gasteiger partial charge is 0.350 e. The minimum absolute atomic E-state index is 0.204. The fourth-order valence-corrected chi connectivity index (χ4v) is 1.76. The van der Waals surface area contributed by atoms with Crippen LogP contribution in [0.15, 0.2) is 37.2 Å². The summed E-state index contributed by atoms with van der Waals surface area (Å²) in [7, 11) is 0. The van der Waals surface area contributed by atoms with Crippen LogP contribution in [-0.4, -0.2) is 36.8 Å². The molecule has 3 aromatic heterocycles. The van der Waals surface area contributed by atoms with Crippen molar-refractivity contribution < 1.29 is 4.79 Å². The van der Waals surface area contributed by atoms with E-state index in [2.05, 4.69) is 25.3 Å². The van der Waals surface area contributed by atoms with Gasteiger partial charge in [0.1, 0.15) is 5.69 Å². The Hall–Kier alpha value is -2.70. The first kappa shape index (κ1) is 11.4. The van der Waals surface area contributed by atoms with Crippen molar-refractivity contribution in [2.75, 3.05) is 6.54 Å². The lowest BCUT2D eigenvalue weighted by molar-refractivity contribution is 0.0949. The molecule has 0 saturated carbocycles. The molecule has 0 fully saturated rings. The van der Waals surface area contributed by atoms with Crippen LogP contribution >= 0.6 is 0 Å². The van der Waals surface area contributed by atoms with Crippen LogP contribution in [0, 0.1) is 0 Å². The van der Waals surface area contributed by atoms with Gasteiger partial charge in [-0.15, -0.1) is 0 Å². The summed E-state index contributed by atoms with van der Waals surface area (Å²) < 4.78 is 1.71. The van der Waals surface area contributed by atoms with Gasteiger partial charge in [0.25, 0.3) is 5.91 Å². The summed E-state index contributed by atoms with van der Waals surface area (Å²) in [4.78, 5) is 27.0. The summed E-state index contributed by atoms with van der Waals surface area (Å²) in [6, 6.07) is 1.79. The van der Waals surface area contributed by atoms with E-state index in [-0.39, 0.29) is 5.91 Å². The molecule has 0 bridgehead atoms. The molecule has 96 valence electrons. The van der Waals surface area contributed by atoms with Gasteiger partial charge in [-0.05, 0) is 6.07 Å². The Morgan fingerprint density at radius 2 is 2.42 bits per heavy atom. The number of fused-ring (bicyclic) bond motifs is 1. The lowest BCUT2D eigenvalue weighted by Gasteiger charge is -2.00. The molecule has 0 aliphatic carbocycles. The SMILES string of the molecule is O=C(NCCc1cnc[nH]1)c1cn2cccnc2n1. The number of rotatable bonds is 4. The minimum atomic E-state index is -0.204. The number of aromatic amines is 1. The first-order chi connectivity index (χ1) is 9.33. The Balaban J connectivity index is 1.63. The van der Waals surface area contributed by atoms with Crippen molar-refractivity contribution in [1.29, 1.82) is 0 Å². The molecule has 3 heterocycles. The molecule has 3 rings (SSSR count). The molecule has 7 nitrogen and oxygen atoms in total. The van der Waals surface area contributed by atoms with Crippen molar-refractivity contribution in [3.8, 4) is 0 Å². The summed E-state index contributed by atoms with van der Waals surface area (Å²) in [5.41, 5.74) is 1.35. The second kappa shape index (κ2) is 4.89. The van der Waals surface area contributed by atoms with E-state index in [0.717, 1.165) is 5.69 Å². The normalized spacial score (nSPS) is 10.7. The lowest BCUT2D eigenvalue weighted by Crippen LogP contribution is -2.26. The monoisotopic (exact) mass is 256 g/mol. The number of carbonyl (C=O) groups is 1. The van der Waals surface area contributed by atoms with Crippen molar-refractivity contribution >= 4 is 11.7 Å². The van der Waals surface area contributed by atoms with Crippen molar-refractivity contribution in [1.82, 2.24) is 29.7 Å². The highest BCUT2D eigenvalue weighted by atomic mass is 16.1. The zero-order valence-electron chi connectivity index (χ0n) is 10.1. The zero-order valence-corrected chi connectivity index (χ0v) is 10.1. The zero-order chi connectivity index (χ0) is 13.1. The summed E-state index contributed by atoms with van der Waals surface area (Å²) in [5.74, 6) is 0.311. The van der Waals surface area contributed by atoms with Gasteiger partial charge in [-0.1, -0.05) is 0 Å². The summed E-state index contributed by atoms with van der Waals surface area (Å²) in [6.07, 6.45) is 9.16. The molecule has 7 heteroatoms. The highest BCUT2D eigenvalue weighted by molar-refractivity contribution is 5.92. The third kappa shape index (κ3) is 2.44. The average molecular weight is 256 g/mol. The van der Waals surface area contributed by atoms with E-state index in [1.54, 1.807) is 41.6 Å². The molecule has 0 saturated heterocycles. The molecule has 3 aromatic rings. The Bertz CT molecular complexity index is 654. The van der Waals surface area contributed by atoms with Crippen LogP contribution in [0.4, 0.5) is 0 Å². The molecular formula is C12H12N6O. The minimum Gasteiger partial charge on any atom is -0.350 e. The van der Waals surface area contributed by atoms with Gasteiger partial charge in [0.05, 0.1) is 6.33 Å². The summed E-state index contributed by atoms with van der Waals surface area (Å²) in [5, 5.41) is 2.81.